The topological polar surface area (TPSA) is 50.7 Å². The minimum atomic E-state index is -0.305. The molecule has 1 rings (SSSR count). The second-order valence-electron chi connectivity index (χ2n) is 3.22. The third-order valence-corrected chi connectivity index (χ3v) is 3.32. The van der Waals surface area contributed by atoms with Crippen LogP contribution in [0.5, 0.6) is 0 Å². The molecular weight excluding hydrogens is 236 g/mol. The van der Waals surface area contributed by atoms with Crippen molar-refractivity contribution in [2.24, 2.45) is 4.99 Å². The Morgan fingerprint density at radius 3 is 2.76 bits per heavy atom. The molecule has 1 N–H and O–H groups in total. The van der Waals surface area contributed by atoms with Crippen molar-refractivity contribution in [1.82, 2.24) is 5.32 Å². The number of carbonyl (C=O) groups excluding carboxylic acids is 1. The second-order valence-corrected chi connectivity index (χ2v) is 4.18. The number of carbonyl (C=O) groups is 1. The number of hydrogen-bond acceptors (Lipinski definition) is 4. The Morgan fingerprint density at radius 2 is 2.18 bits per heavy atom. The lowest BCUT2D eigenvalue weighted by molar-refractivity contribution is 0.0600. The predicted octanol–water partition coefficient (Wildman–Crippen LogP) is 1.91. The zero-order valence-electron chi connectivity index (χ0n) is 10.2. The van der Waals surface area contributed by atoms with Crippen LogP contribution in [0, 0.1) is 0 Å². The summed E-state index contributed by atoms with van der Waals surface area (Å²) in [6, 6.07) is 7.42. The largest absolute Gasteiger partial charge is 0.465 e. The Kier molecular flexibility index (Phi) is 5.56. The summed E-state index contributed by atoms with van der Waals surface area (Å²) < 4.78 is 4.74. The molecule has 92 valence electrons. The standard InChI is InChI=1S/C12H16N2O2S/c1-13-12(14-2)17-8-9-6-4-5-7-10(9)11(15)16-3/h4-7H,8H2,1-3H3,(H,13,14). The van der Waals surface area contributed by atoms with Gasteiger partial charge in [0.25, 0.3) is 0 Å². The van der Waals surface area contributed by atoms with Crippen LogP contribution in [0.1, 0.15) is 15.9 Å². The van der Waals surface area contributed by atoms with Crippen LogP contribution in [0.15, 0.2) is 29.3 Å². The van der Waals surface area contributed by atoms with Crippen molar-refractivity contribution in [3.8, 4) is 0 Å². The number of esters is 1. The van der Waals surface area contributed by atoms with E-state index in [2.05, 4.69) is 10.3 Å². The van der Waals surface area contributed by atoms with Crippen LogP contribution in [0.2, 0.25) is 0 Å². The summed E-state index contributed by atoms with van der Waals surface area (Å²) in [4.78, 5) is 15.6. The molecule has 1 aromatic rings. The van der Waals surface area contributed by atoms with Gasteiger partial charge in [0.15, 0.2) is 5.17 Å². The fourth-order valence-corrected chi connectivity index (χ4v) is 2.17. The maximum Gasteiger partial charge on any atom is 0.338 e. The van der Waals surface area contributed by atoms with Gasteiger partial charge in [-0.2, -0.15) is 0 Å². The predicted molar refractivity (Wildman–Crippen MR) is 71.5 cm³/mol. The molecule has 0 amide bonds. The minimum absolute atomic E-state index is 0.305. The molecule has 0 atom stereocenters. The summed E-state index contributed by atoms with van der Waals surface area (Å²) in [5.41, 5.74) is 1.55. The van der Waals surface area contributed by atoms with Crippen LogP contribution in [0.25, 0.3) is 0 Å². The molecule has 0 aromatic heterocycles. The Morgan fingerprint density at radius 1 is 1.47 bits per heavy atom. The number of nitrogens with zero attached hydrogens (tertiary/aromatic N) is 1. The maximum atomic E-state index is 11.5. The molecule has 0 radical (unpaired) electrons. The molecule has 4 nitrogen and oxygen atoms in total. The summed E-state index contributed by atoms with van der Waals surface area (Å²) in [6.07, 6.45) is 0. The van der Waals surface area contributed by atoms with E-state index in [4.69, 9.17) is 4.74 Å². The molecule has 0 aliphatic heterocycles. The molecule has 0 saturated heterocycles. The summed E-state index contributed by atoms with van der Waals surface area (Å²) in [5.74, 6) is 0.374. The summed E-state index contributed by atoms with van der Waals surface area (Å²) in [5, 5.41) is 3.82. The van der Waals surface area contributed by atoms with Gasteiger partial charge in [0, 0.05) is 19.8 Å². The molecule has 0 aliphatic rings. The number of methoxy groups -OCH3 is 1. The average Bonchev–Trinajstić information content (AvgIpc) is 2.39. The van der Waals surface area contributed by atoms with Gasteiger partial charge in [-0.05, 0) is 11.6 Å². The first-order chi connectivity index (χ1) is 8.22. The van der Waals surface area contributed by atoms with E-state index in [9.17, 15) is 4.79 Å². The number of amidine groups is 1. The molecule has 0 bridgehead atoms. The van der Waals surface area contributed by atoms with Crippen LogP contribution < -0.4 is 5.32 Å². The van der Waals surface area contributed by atoms with Crippen LogP contribution in [-0.2, 0) is 10.5 Å². The summed E-state index contributed by atoms with van der Waals surface area (Å²) in [7, 11) is 4.94. The number of benzene rings is 1. The molecule has 0 aliphatic carbocycles. The maximum absolute atomic E-state index is 11.5. The lowest BCUT2D eigenvalue weighted by Crippen LogP contribution is -2.14. The van der Waals surface area contributed by atoms with E-state index < -0.39 is 0 Å². The Bertz CT molecular complexity index is 419. The van der Waals surface area contributed by atoms with E-state index in [1.165, 1.54) is 7.11 Å². The van der Waals surface area contributed by atoms with Gasteiger partial charge in [0.05, 0.1) is 12.7 Å². The molecule has 5 heteroatoms. The zero-order chi connectivity index (χ0) is 12.7. The molecule has 0 spiro atoms. The summed E-state index contributed by atoms with van der Waals surface area (Å²) >= 11 is 1.55. The first-order valence-corrected chi connectivity index (χ1v) is 6.15. The zero-order valence-corrected chi connectivity index (χ0v) is 11.0. The highest BCUT2D eigenvalue weighted by atomic mass is 32.2. The molecule has 1 aromatic carbocycles. The monoisotopic (exact) mass is 252 g/mol. The number of nitrogens with one attached hydrogen (secondary N) is 1. The van der Waals surface area contributed by atoms with Crippen molar-refractivity contribution >= 4 is 22.9 Å². The van der Waals surface area contributed by atoms with E-state index in [0.717, 1.165) is 10.7 Å². The van der Waals surface area contributed by atoms with E-state index in [0.29, 0.717) is 11.3 Å². The highest BCUT2D eigenvalue weighted by molar-refractivity contribution is 8.13. The minimum Gasteiger partial charge on any atom is -0.465 e. The Labute approximate surface area is 105 Å². The van der Waals surface area contributed by atoms with Crippen molar-refractivity contribution in [3.05, 3.63) is 35.4 Å². The Balaban J connectivity index is 2.80. The smallest absolute Gasteiger partial charge is 0.338 e. The van der Waals surface area contributed by atoms with Crippen LogP contribution in [-0.4, -0.2) is 32.3 Å². The van der Waals surface area contributed by atoms with Crippen molar-refractivity contribution in [3.63, 3.8) is 0 Å². The fraction of sp³-hybridized carbons (Fsp3) is 0.333. The van der Waals surface area contributed by atoms with Gasteiger partial charge in [0.1, 0.15) is 0 Å². The van der Waals surface area contributed by atoms with Gasteiger partial charge >= 0.3 is 5.97 Å². The van der Waals surface area contributed by atoms with Gasteiger partial charge in [-0.15, -0.1) is 0 Å². The molecule has 0 unspecified atom stereocenters. The summed E-state index contributed by atoms with van der Waals surface area (Å²) in [6.45, 7) is 0. The SMILES string of the molecule is CN=C(NC)SCc1ccccc1C(=O)OC. The third kappa shape index (κ3) is 3.78. The van der Waals surface area contributed by atoms with Crippen molar-refractivity contribution in [2.75, 3.05) is 21.2 Å². The highest BCUT2D eigenvalue weighted by Gasteiger charge is 2.11. The lowest BCUT2D eigenvalue weighted by Gasteiger charge is -2.08. The average molecular weight is 252 g/mol. The van der Waals surface area contributed by atoms with Gasteiger partial charge in [0.2, 0.25) is 0 Å². The molecule has 0 heterocycles. The first-order valence-electron chi connectivity index (χ1n) is 5.16. The van der Waals surface area contributed by atoms with E-state index in [1.54, 1.807) is 24.9 Å². The van der Waals surface area contributed by atoms with Crippen molar-refractivity contribution in [2.45, 2.75) is 5.75 Å². The first kappa shape index (κ1) is 13.6. The van der Waals surface area contributed by atoms with E-state index in [-0.39, 0.29) is 5.97 Å². The van der Waals surface area contributed by atoms with Gasteiger partial charge in [-0.3, -0.25) is 4.99 Å². The van der Waals surface area contributed by atoms with E-state index in [1.807, 2.05) is 25.2 Å². The molecule has 0 saturated carbocycles. The number of aliphatic imine (C=N–C) groups is 1. The normalized spacial score (nSPS) is 11.1. The Hall–Kier alpha value is -1.49. The molecule has 0 fully saturated rings. The number of rotatable bonds is 3. The van der Waals surface area contributed by atoms with Gasteiger partial charge in [-0.1, -0.05) is 30.0 Å². The lowest BCUT2D eigenvalue weighted by atomic mass is 10.1. The second kappa shape index (κ2) is 6.96. The van der Waals surface area contributed by atoms with Crippen LogP contribution >= 0.6 is 11.8 Å². The molecular formula is C12H16N2O2S. The number of hydrogen-bond donors (Lipinski definition) is 1. The van der Waals surface area contributed by atoms with Gasteiger partial charge in [-0.25, -0.2) is 4.79 Å². The highest BCUT2D eigenvalue weighted by Crippen LogP contribution is 2.17. The quantitative estimate of drug-likeness (QED) is 0.507. The molecule has 17 heavy (non-hydrogen) atoms. The number of ether oxygens (including phenoxy) is 1. The van der Waals surface area contributed by atoms with Crippen LogP contribution in [0.3, 0.4) is 0 Å². The van der Waals surface area contributed by atoms with Crippen LogP contribution in [0.4, 0.5) is 0 Å². The van der Waals surface area contributed by atoms with Crippen molar-refractivity contribution in [1.29, 1.82) is 0 Å². The van der Waals surface area contributed by atoms with E-state index >= 15 is 0 Å². The number of thioether (sulfide) groups is 1. The fourth-order valence-electron chi connectivity index (χ4n) is 1.35. The third-order valence-electron chi connectivity index (χ3n) is 2.20. The van der Waals surface area contributed by atoms with Crippen molar-refractivity contribution < 1.29 is 9.53 Å². The van der Waals surface area contributed by atoms with Gasteiger partial charge < -0.3 is 10.1 Å².